The molecule has 19 heavy (non-hydrogen) atoms. The number of nitrogens with zero attached hydrogens (tertiary/aromatic N) is 1. The molecular weight excluding hydrogens is 300 g/mol. The minimum absolute atomic E-state index is 0.118. The van der Waals surface area contributed by atoms with Crippen LogP contribution < -0.4 is 5.73 Å². The molecule has 1 aromatic carbocycles. The zero-order valence-corrected chi connectivity index (χ0v) is 13.6. The largest absolute Gasteiger partial charge is 0.329 e. The highest BCUT2D eigenvalue weighted by Gasteiger charge is 2.33. The van der Waals surface area contributed by atoms with E-state index in [2.05, 4.69) is 59.1 Å². The van der Waals surface area contributed by atoms with Crippen molar-refractivity contribution in [2.24, 2.45) is 11.7 Å². The van der Waals surface area contributed by atoms with E-state index in [-0.39, 0.29) is 5.54 Å². The molecule has 1 aliphatic rings. The highest BCUT2D eigenvalue weighted by Crippen LogP contribution is 2.35. The van der Waals surface area contributed by atoms with Gasteiger partial charge in [0.15, 0.2) is 0 Å². The second-order valence-electron chi connectivity index (χ2n) is 6.19. The van der Waals surface area contributed by atoms with E-state index in [0.29, 0.717) is 0 Å². The number of nitrogens with two attached hydrogens (primary N) is 1. The van der Waals surface area contributed by atoms with Crippen LogP contribution in [0.4, 0.5) is 0 Å². The van der Waals surface area contributed by atoms with Crippen molar-refractivity contribution in [3.05, 3.63) is 34.3 Å². The molecule has 0 aliphatic heterocycles. The Balaban J connectivity index is 2.00. The lowest BCUT2D eigenvalue weighted by molar-refractivity contribution is 0.0856. The summed E-state index contributed by atoms with van der Waals surface area (Å²) in [6, 6.07) is 8.54. The third-order valence-electron chi connectivity index (χ3n) is 4.62. The van der Waals surface area contributed by atoms with Crippen LogP contribution in [0, 0.1) is 5.92 Å². The Labute approximate surface area is 125 Å². The molecule has 0 radical (unpaired) electrons. The summed E-state index contributed by atoms with van der Waals surface area (Å²) in [5.74, 6) is 0.888. The van der Waals surface area contributed by atoms with E-state index in [1.807, 2.05) is 0 Å². The van der Waals surface area contributed by atoms with Gasteiger partial charge < -0.3 is 5.73 Å². The fourth-order valence-electron chi connectivity index (χ4n) is 2.81. The topological polar surface area (TPSA) is 29.3 Å². The number of rotatable bonds is 6. The van der Waals surface area contributed by atoms with Gasteiger partial charge in [-0.25, -0.2) is 0 Å². The maximum absolute atomic E-state index is 6.07. The fraction of sp³-hybridized carbons (Fsp3) is 0.625. The molecular formula is C16H25BrN2. The number of halogens is 1. The maximum Gasteiger partial charge on any atom is 0.0306 e. The summed E-state index contributed by atoms with van der Waals surface area (Å²) in [4.78, 5) is 2.42. The first kappa shape index (κ1) is 15.0. The fourth-order valence-corrected chi connectivity index (χ4v) is 3.26. The Morgan fingerprint density at radius 3 is 2.68 bits per heavy atom. The van der Waals surface area contributed by atoms with Crippen LogP contribution in [-0.2, 0) is 6.54 Å². The van der Waals surface area contributed by atoms with Gasteiger partial charge in [-0.1, -0.05) is 47.3 Å². The van der Waals surface area contributed by atoms with E-state index in [9.17, 15) is 0 Å². The first-order valence-corrected chi connectivity index (χ1v) is 7.98. The van der Waals surface area contributed by atoms with E-state index < -0.39 is 0 Å². The minimum Gasteiger partial charge on any atom is -0.329 e. The van der Waals surface area contributed by atoms with Crippen LogP contribution in [0.5, 0.6) is 0 Å². The predicted molar refractivity (Wildman–Crippen MR) is 85.0 cm³/mol. The van der Waals surface area contributed by atoms with Gasteiger partial charge in [-0.2, -0.15) is 0 Å². The van der Waals surface area contributed by atoms with Crippen LogP contribution in [0.2, 0.25) is 0 Å². The highest BCUT2D eigenvalue weighted by atomic mass is 79.9. The minimum atomic E-state index is 0.118. The van der Waals surface area contributed by atoms with Crippen molar-refractivity contribution in [3.63, 3.8) is 0 Å². The molecule has 1 fully saturated rings. The zero-order valence-electron chi connectivity index (χ0n) is 12.0. The Morgan fingerprint density at radius 1 is 1.42 bits per heavy atom. The van der Waals surface area contributed by atoms with Gasteiger partial charge in [-0.15, -0.1) is 0 Å². The molecule has 0 amide bonds. The first-order chi connectivity index (χ1) is 9.03. The smallest absolute Gasteiger partial charge is 0.0306 e. The molecule has 0 aromatic heterocycles. The van der Waals surface area contributed by atoms with Gasteiger partial charge in [-0.3, -0.25) is 4.90 Å². The molecule has 3 heteroatoms. The summed E-state index contributed by atoms with van der Waals surface area (Å²) in [5.41, 5.74) is 7.52. The molecule has 2 nitrogen and oxygen atoms in total. The number of benzene rings is 1. The predicted octanol–water partition coefficient (Wildman–Crippen LogP) is 3.79. The van der Waals surface area contributed by atoms with Crippen LogP contribution in [0.1, 0.15) is 38.2 Å². The zero-order chi connectivity index (χ0) is 13.9. The second kappa shape index (κ2) is 6.38. The van der Waals surface area contributed by atoms with E-state index in [4.69, 9.17) is 5.73 Å². The molecule has 1 saturated carbocycles. The van der Waals surface area contributed by atoms with Gasteiger partial charge in [0.2, 0.25) is 0 Å². The van der Waals surface area contributed by atoms with Crippen LogP contribution in [0.3, 0.4) is 0 Å². The molecule has 1 unspecified atom stereocenters. The third-order valence-corrected chi connectivity index (χ3v) is 5.12. The maximum atomic E-state index is 6.07. The summed E-state index contributed by atoms with van der Waals surface area (Å²) < 4.78 is 1.15. The molecule has 2 N–H and O–H groups in total. The van der Waals surface area contributed by atoms with Crippen molar-refractivity contribution in [1.29, 1.82) is 0 Å². The monoisotopic (exact) mass is 324 g/mol. The summed E-state index contributed by atoms with van der Waals surface area (Å²) in [6.45, 7) is 4.00. The van der Waals surface area contributed by atoms with Gasteiger partial charge in [0.1, 0.15) is 0 Å². The summed E-state index contributed by atoms with van der Waals surface area (Å²) in [5, 5.41) is 0. The van der Waals surface area contributed by atoms with E-state index in [1.165, 1.54) is 31.2 Å². The number of hydrogen-bond donors (Lipinski definition) is 1. The van der Waals surface area contributed by atoms with E-state index in [1.54, 1.807) is 0 Å². The van der Waals surface area contributed by atoms with Crippen molar-refractivity contribution in [2.75, 3.05) is 13.6 Å². The SMILES string of the molecule is CN(Cc1cccc(Br)c1)C(C)(CN)CC1CCC1. The summed E-state index contributed by atoms with van der Waals surface area (Å²) in [7, 11) is 2.20. The van der Waals surface area contributed by atoms with Crippen molar-refractivity contribution in [3.8, 4) is 0 Å². The Hall–Kier alpha value is -0.380. The van der Waals surface area contributed by atoms with Crippen LogP contribution >= 0.6 is 15.9 Å². The van der Waals surface area contributed by atoms with Crippen LogP contribution in [-0.4, -0.2) is 24.0 Å². The van der Waals surface area contributed by atoms with Gasteiger partial charge in [0, 0.05) is 23.1 Å². The van der Waals surface area contributed by atoms with Gasteiger partial charge in [0.25, 0.3) is 0 Å². The number of hydrogen-bond acceptors (Lipinski definition) is 2. The van der Waals surface area contributed by atoms with Crippen molar-refractivity contribution >= 4 is 15.9 Å². The summed E-state index contributed by atoms with van der Waals surface area (Å²) >= 11 is 3.54. The molecule has 0 heterocycles. The lowest BCUT2D eigenvalue weighted by Crippen LogP contribution is -2.51. The average molecular weight is 325 g/mol. The molecule has 106 valence electrons. The van der Waals surface area contributed by atoms with Crippen LogP contribution in [0.25, 0.3) is 0 Å². The molecule has 0 bridgehead atoms. The number of likely N-dealkylation sites (N-methyl/N-ethyl adjacent to an activating group) is 1. The third kappa shape index (κ3) is 3.80. The van der Waals surface area contributed by atoms with Gasteiger partial charge in [-0.05, 0) is 44.0 Å². The lowest BCUT2D eigenvalue weighted by Gasteiger charge is -2.42. The normalized spacial score (nSPS) is 19.2. The Bertz CT molecular complexity index is 417. The molecule has 0 saturated heterocycles. The Morgan fingerprint density at radius 2 is 2.16 bits per heavy atom. The molecule has 0 spiro atoms. The van der Waals surface area contributed by atoms with Gasteiger partial charge >= 0.3 is 0 Å². The molecule has 1 aliphatic carbocycles. The van der Waals surface area contributed by atoms with Crippen LogP contribution in [0.15, 0.2) is 28.7 Å². The molecule has 2 rings (SSSR count). The van der Waals surface area contributed by atoms with Crippen molar-refractivity contribution < 1.29 is 0 Å². The van der Waals surface area contributed by atoms with Gasteiger partial charge in [0.05, 0.1) is 0 Å². The quantitative estimate of drug-likeness (QED) is 0.862. The standard InChI is InChI=1S/C16H25BrN2/c1-16(12-18,10-13-5-3-6-13)19(2)11-14-7-4-8-15(17)9-14/h4,7-9,13H,3,5-6,10-12,18H2,1-2H3. The Kier molecular flexibility index (Phi) is 5.04. The van der Waals surface area contributed by atoms with Crippen molar-refractivity contribution in [1.82, 2.24) is 4.90 Å². The second-order valence-corrected chi connectivity index (χ2v) is 7.10. The van der Waals surface area contributed by atoms with E-state index in [0.717, 1.165) is 23.5 Å². The van der Waals surface area contributed by atoms with E-state index >= 15 is 0 Å². The average Bonchev–Trinajstić information content (AvgIpc) is 2.33. The molecule has 1 aromatic rings. The first-order valence-electron chi connectivity index (χ1n) is 7.19. The summed E-state index contributed by atoms with van der Waals surface area (Å²) in [6.07, 6.45) is 5.41. The molecule has 1 atom stereocenters. The van der Waals surface area contributed by atoms with Crippen molar-refractivity contribution in [2.45, 2.75) is 44.7 Å². The highest BCUT2D eigenvalue weighted by molar-refractivity contribution is 9.10. The lowest BCUT2D eigenvalue weighted by atomic mass is 9.76.